The van der Waals surface area contributed by atoms with Crippen molar-refractivity contribution in [3.8, 4) is 5.88 Å². The van der Waals surface area contributed by atoms with Gasteiger partial charge in [0.1, 0.15) is 12.1 Å². The first-order valence-corrected chi connectivity index (χ1v) is 5.12. The first kappa shape index (κ1) is 11.8. The van der Waals surface area contributed by atoms with Crippen molar-refractivity contribution in [1.29, 1.82) is 0 Å². The Morgan fingerprint density at radius 1 is 1.60 bits per heavy atom. The molecule has 82 valence electrons. The molecule has 0 radical (unpaired) electrons. The van der Waals surface area contributed by atoms with Crippen molar-refractivity contribution in [2.75, 3.05) is 18.5 Å². The summed E-state index contributed by atoms with van der Waals surface area (Å²) in [5.41, 5.74) is 0. The first-order chi connectivity index (χ1) is 7.22. The van der Waals surface area contributed by atoms with Crippen LogP contribution >= 0.6 is 11.6 Å². The normalized spacial score (nSPS) is 9.73. The Kier molecular flexibility index (Phi) is 4.90. The molecule has 0 aliphatic rings. The molecule has 1 aromatic heterocycles. The molecule has 5 heteroatoms. The minimum Gasteiger partial charge on any atom is -0.478 e. The number of nitrogens with zero attached hydrogens (tertiary/aromatic N) is 2. The fraction of sp³-hybridized carbons (Fsp3) is 0.400. The molecule has 0 bridgehead atoms. The van der Waals surface area contributed by atoms with Crippen molar-refractivity contribution >= 4 is 17.4 Å². The molecule has 1 rings (SSSR count). The highest BCUT2D eigenvalue weighted by Crippen LogP contribution is 2.11. The standard InChI is InChI=1S/C10H14ClN3O/c1-3-4-15-10-5-9(13-7-14-10)12-6-8(2)11/h5,7H,2-4,6H2,1H3,(H,12,13,14). The largest absolute Gasteiger partial charge is 0.478 e. The monoisotopic (exact) mass is 227 g/mol. The van der Waals surface area contributed by atoms with Crippen LogP contribution < -0.4 is 10.1 Å². The zero-order valence-corrected chi connectivity index (χ0v) is 9.42. The van der Waals surface area contributed by atoms with Crippen LogP contribution in [0.2, 0.25) is 0 Å². The Morgan fingerprint density at radius 3 is 3.07 bits per heavy atom. The summed E-state index contributed by atoms with van der Waals surface area (Å²) in [6, 6.07) is 1.73. The van der Waals surface area contributed by atoms with Gasteiger partial charge in [0, 0.05) is 11.1 Å². The maximum Gasteiger partial charge on any atom is 0.218 e. The van der Waals surface area contributed by atoms with Crippen molar-refractivity contribution in [3.05, 3.63) is 24.0 Å². The fourth-order valence-electron chi connectivity index (χ4n) is 0.908. The number of anilines is 1. The second-order valence-electron chi connectivity index (χ2n) is 2.96. The van der Waals surface area contributed by atoms with Crippen molar-refractivity contribution in [3.63, 3.8) is 0 Å². The molecule has 0 amide bonds. The third-order valence-electron chi connectivity index (χ3n) is 1.56. The van der Waals surface area contributed by atoms with E-state index in [4.69, 9.17) is 16.3 Å². The van der Waals surface area contributed by atoms with Gasteiger partial charge in [-0.3, -0.25) is 0 Å². The number of nitrogens with one attached hydrogen (secondary N) is 1. The number of ether oxygens (including phenoxy) is 1. The molecular weight excluding hydrogens is 214 g/mol. The maximum absolute atomic E-state index is 5.62. The van der Waals surface area contributed by atoms with E-state index in [-0.39, 0.29) is 0 Å². The molecule has 1 aromatic rings. The SMILES string of the molecule is C=C(Cl)CNc1cc(OCCC)ncn1. The highest BCUT2D eigenvalue weighted by Gasteiger charge is 1.98. The van der Waals surface area contributed by atoms with E-state index in [2.05, 4.69) is 21.9 Å². The van der Waals surface area contributed by atoms with E-state index in [1.807, 2.05) is 6.92 Å². The molecule has 0 spiro atoms. The van der Waals surface area contributed by atoms with Crippen molar-refractivity contribution < 1.29 is 4.74 Å². The van der Waals surface area contributed by atoms with Crippen LogP contribution in [0.4, 0.5) is 5.82 Å². The van der Waals surface area contributed by atoms with Crippen molar-refractivity contribution in [1.82, 2.24) is 9.97 Å². The van der Waals surface area contributed by atoms with E-state index in [1.165, 1.54) is 6.33 Å². The maximum atomic E-state index is 5.62. The average Bonchev–Trinajstić information content (AvgIpc) is 2.24. The lowest BCUT2D eigenvalue weighted by molar-refractivity contribution is 0.305. The quantitative estimate of drug-likeness (QED) is 0.811. The molecule has 0 aromatic carbocycles. The topological polar surface area (TPSA) is 47.0 Å². The van der Waals surface area contributed by atoms with Gasteiger partial charge in [-0.2, -0.15) is 0 Å². The van der Waals surface area contributed by atoms with Crippen LogP contribution in [-0.4, -0.2) is 23.1 Å². The Bertz CT molecular complexity index is 330. The van der Waals surface area contributed by atoms with Gasteiger partial charge in [-0.1, -0.05) is 25.1 Å². The molecule has 15 heavy (non-hydrogen) atoms. The van der Waals surface area contributed by atoms with Gasteiger partial charge in [0.05, 0.1) is 13.2 Å². The van der Waals surface area contributed by atoms with Crippen LogP contribution in [0.5, 0.6) is 5.88 Å². The number of hydrogen-bond donors (Lipinski definition) is 1. The molecule has 1 N–H and O–H groups in total. The Morgan fingerprint density at radius 2 is 2.40 bits per heavy atom. The smallest absolute Gasteiger partial charge is 0.218 e. The van der Waals surface area contributed by atoms with Gasteiger partial charge in [0.2, 0.25) is 5.88 Å². The van der Waals surface area contributed by atoms with Crippen LogP contribution in [0, 0.1) is 0 Å². The lowest BCUT2D eigenvalue weighted by Crippen LogP contribution is -2.04. The predicted octanol–water partition coefficient (Wildman–Crippen LogP) is 2.43. The van der Waals surface area contributed by atoms with Crippen molar-refractivity contribution in [2.24, 2.45) is 0 Å². The average molecular weight is 228 g/mol. The van der Waals surface area contributed by atoms with Crippen molar-refractivity contribution in [2.45, 2.75) is 13.3 Å². The summed E-state index contributed by atoms with van der Waals surface area (Å²) in [4.78, 5) is 7.99. The molecule has 4 nitrogen and oxygen atoms in total. The van der Waals surface area contributed by atoms with E-state index in [1.54, 1.807) is 6.07 Å². The highest BCUT2D eigenvalue weighted by molar-refractivity contribution is 6.29. The summed E-state index contributed by atoms with van der Waals surface area (Å²) in [5.74, 6) is 1.24. The fourth-order valence-corrected chi connectivity index (χ4v) is 0.975. The van der Waals surface area contributed by atoms with Crippen LogP contribution in [0.25, 0.3) is 0 Å². The zero-order chi connectivity index (χ0) is 11.1. The van der Waals surface area contributed by atoms with Gasteiger partial charge in [0.25, 0.3) is 0 Å². The van der Waals surface area contributed by atoms with Gasteiger partial charge < -0.3 is 10.1 Å². The van der Waals surface area contributed by atoms with Crippen LogP contribution in [0.1, 0.15) is 13.3 Å². The number of halogens is 1. The molecule has 0 unspecified atom stereocenters. The molecule has 0 atom stereocenters. The van der Waals surface area contributed by atoms with Gasteiger partial charge in [0.15, 0.2) is 0 Å². The van der Waals surface area contributed by atoms with E-state index >= 15 is 0 Å². The molecule has 0 aliphatic carbocycles. The lowest BCUT2D eigenvalue weighted by atomic mass is 10.5. The summed E-state index contributed by atoms with van der Waals surface area (Å²) < 4.78 is 5.36. The van der Waals surface area contributed by atoms with E-state index < -0.39 is 0 Å². The zero-order valence-electron chi connectivity index (χ0n) is 8.66. The lowest BCUT2D eigenvalue weighted by Gasteiger charge is -2.06. The second-order valence-corrected chi connectivity index (χ2v) is 3.50. The summed E-state index contributed by atoms with van der Waals surface area (Å²) in [6.07, 6.45) is 2.40. The summed E-state index contributed by atoms with van der Waals surface area (Å²) >= 11 is 5.62. The Labute approximate surface area is 94.3 Å². The van der Waals surface area contributed by atoms with Gasteiger partial charge in [-0.25, -0.2) is 9.97 Å². The molecular formula is C10H14ClN3O. The summed E-state index contributed by atoms with van der Waals surface area (Å²) in [7, 11) is 0. The van der Waals surface area contributed by atoms with Gasteiger partial charge in [-0.05, 0) is 6.42 Å². The van der Waals surface area contributed by atoms with Crippen LogP contribution in [0.3, 0.4) is 0 Å². The van der Waals surface area contributed by atoms with E-state index in [0.717, 1.165) is 6.42 Å². The minimum atomic E-state index is 0.478. The highest BCUT2D eigenvalue weighted by atomic mass is 35.5. The molecule has 0 aliphatic heterocycles. The third kappa shape index (κ3) is 4.65. The van der Waals surface area contributed by atoms with Crippen LogP contribution in [-0.2, 0) is 0 Å². The third-order valence-corrected chi connectivity index (χ3v) is 1.69. The van der Waals surface area contributed by atoms with Gasteiger partial charge >= 0.3 is 0 Å². The molecule has 0 saturated carbocycles. The Hall–Kier alpha value is -1.29. The summed E-state index contributed by atoms with van der Waals surface area (Å²) in [5, 5.41) is 3.53. The number of aromatic nitrogens is 2. The summed E-state index contributed by atoms with van der Waals surface area (Å²) in [6.45, 7) is 6.74. The Balaban J connectivity index is 2.53. The molecule has 0 saturated heterocycles. The first-order valence-electron chi connectivity index (χ1n) is 4.74. The van der Waals surface area contributed by atoms with E-state index in [9.17, 15) is 0 Å². The number of hydrogen-bond acceptors (Lipinski definition) is 4. The van der Waals surface area contributed by atoms with Crippen LogP contribution in [0.15, 0.2) is 24.0 Å². The van der Waals surface area contributed by atoms with Gasteiger partial charge in [-0.15, -0.1) is 0 Å². The second kappa shape index (κ2) is 6.24. The predicted molar refractivity (Wildman–Crippen MR) is 61.3 cm³/mol. The molecule has 1 heterocycles. The molecule has 0 fully saturated rings. The minimum absolute atomic E-state index is 0.478. The van der Waals surface area contributed by atoms with E-state index in [0.29, 0.717) is 29.9 Å². The number of rotatable bonds is 6.